The lowest BCUT2D eigenvalue weighted by molar-refractivity contribution is 0.0661. The summed E-state index contributed by atoms with van der Waals surface area (Å²) in [6, 6.07) is 29.9. The van der Waals surface area contributed by atoms with Crippen molar-refractivity contribution in [1.82, 2.24) is 9.80 Å². The number of rotatable bonds is 8. The van der Waals surface area contributed by atoms with E-state index in [1.165, 1.54) is 35.1 Å². The van der Waals surface area contributed by atoms with Gasteiger partial charge >= 0.3 is 0 Å². The zero-order chi connectivity index (χ0) is 22.6. The molecule has 0 spiro atoms. The second-order valence-corrected chi connectivity index (χ2v) is 10.1. The van der Waals surface area contributed by atoms with Gasteiger partial charge in [-0.3, -0.25) is 4.90 Å². The highest BCUT2D eigenvalue weighted by atomic mass is 16.5. The number of ether oxygens (including phenoxy) is 1. The fourth-order valence-electron chi connectivity index (χ4n) is 5.64. The molecule has 3 nitrogen and oxygen atoms in total. The molecule has 0 amide bonds. The van der Waals surface area contributed by atoms with Crippen molar-refractivity contribution in [2.75, 3.05) is 14.1 Å². The zero-order valence-corrected chi connectivity index (χ0v) is 20.0. The quantitative estimate of drug-likeness (QED) is 0.433. The van der Waals surface area contributed by atoms with Gasteiger partial charge in [-0.15, -0.1) is 0 Å². The Morgan fingerprint density at radius 1 is 0.758 bits per heavy atom. The number of fused-ring (bicyclic) bond motifs is 2. The van der Waals surface area contributed by atoms with Crippen LogP contribution < -0.4 is 4.74 Å². The Kier molecular flexibility index (Phi) is 6.80. The number of hydrogen-bond acceptors (Lipinski definition) is 3. The zero-order valence-electron chi connectivity index (χ0n) is 20.0. The molecule has 2 fully saturated rings. The van der Waals surface area contributed by atoms with Crippen molar-refractivity contribution in [2.24, 2.45) is 0 Å². The molecule has 0 aliphatic carbocycles. The predicted octanol–water partition coefficient (Wildman–Crippen LogP) is 5.91. The first-order valence-electron chi connectivity index (χ1n) is 12.4. The number of benzene rings is 3. The van der Waals surface area contributed by atoms with E-state index in [1.54, 1.807) is 0 Å². The van der Waals surface area contributed by atoms with Gasteiger partial charge in [-0.25, -0.2) is 0 Å². The summed E-state index contributed by atoms with van der Waals surface area (Å²) >= 11 is 0. The molecule has 2 heterocycles. The predicted molar refractivity (Wildman–Crippen MR) is 136 cm³/mol. The Balaban J connectivity index is 1.14. The summed E-state index contributed by atoms with van der Waals surface area (Å²) in [6.45, 7) is 1.86. The Morgan fingerprint density at radius 3 is 2.09 bits per heavy atom. The lowest BCUT2D eigenvalue weighted by Crippen LogP contribution is -2.43. The fourth-order valence-corrected chi connectivity index (χ4v) is 5.64. The van der Waals surface area contributed by atoms with Gasteiger partial charge in [0, 0.05) is 25.2 Å². The molecule has 33 heavy (non-hydrogen) atoms. The van der Waals surface area contributed by atoms with Gasteiger partial charge < -0.3 is 9.64 Å². The first kappa shape index (κ1) is 22.2. The molecule has 0 aromatic heterocycles. The van der Waals surface area contributed by atoms with E-state index in [-0.39, 0.29) is 0 Å². The van der Waals surface area contributed by atoms with Gasteiger partial charge in [0.2, 0.25) is 0 Å². The molecule has 0 saturated carbocycles. The van der Waals surface area contributed by atoms with Crippen LogP contribution in [0.4, 0.5) is 0 Å². The number of nitrogens with zero attached hydrogens (tertiary/aromatic N) is 2. The van der Waals surface area contributed by atoms with Gasteiger partial charge in [-0.2, -0.15) is 0 Å². The van der Waals surface area contributed by atoms with Crippen LogP contribution in [-0.4, -0.2) is 42.1 Å². The van der Waals surface area contributed by atoms with Crippen LogP contribution in [0.5, 0.6) is 5.75 Å². The molecule has 172 valence electrons. The van der Waals surface area contributed by atoms with Crippen molar-refractivity contribution in [3.05, 3.63) is 101 Å². The average Bonchev–Trinajstić information content (AvgIpc) is 3.02. The van der Waals surface area contributed by atoms with Gasteiger partial charge in [0.05, 0.1) is 0 Å². The maximum atomic E-state index is 6.44. The molecule has 3 aromatic carbocycles. The van der Waals surface area contributed by atoms with Crippen LogP contribution in [0.15, 0.2) is 78.9 Å². The van der Waals surface area contributed by atoms with Gasteiger partial charge in [0.25, 0.3) is 0 Å². The maximum absolute atomic E-state index is 6.44. The molecule has 2 bridgehead atoms. The second kappa shape index (κ2) is 10.1. The first-order chi connectivity index (χ1) is 16.1. The summed E-state index contributed by atoms with van der Waals surface area (Å²) in [5.74, 6) is 1.03. The van der Waals surface area contributed by atoms with Crippen LogP contribution in [0.1, 0.15) is 47.9 Å². The SMILES string of the molecule is CN(Cc1ccc(Cc2ccccc2)cc1)Cc1cccc(O[C@H]2C[C@H]3CC[C@@H](C2)N3C)c1. The molecule has 0 N–H and O–H groups in total. The van der Waals surface area contributed by atoms with Crippen molar-refractivity contribution in [3.8, 4) is 5.75 Å². The summed E-state index contributed by atoms with van der Waals surface area (Å²) in [7, 11) is 4.48. The van der Waals surface area contributed by atoms with Crippen LogP contribution in [-0.2, 0) is 19.5 Å². The van der Waals surface area contributed by atoms with E-state index < -0.39 is 0 Å². The van der Waals surface area contributed by atoms with Crippen molar-refractivity contribution in [1.29, 1.82) is 0 Å². The van der Waals surface area contributed by atoms with E-state index >= 15 is 0 Å². The molecule has 3 heteroatoms. The standard InChI is InChI=1S/C30H36N2O/c1-31(21-25-13-11-24(12-14-25)17-23-7-4-3-5-8-23)22-26-9-6-10-29(18-26)33-30-19-27-15-16-28(20-30)32(27)2/h3-14,18,27-28,30H,15-17,19-22H2,1-2H3/t27-,28+,30+. The van der Waals surface area contributed by atoms with Gasteiger partial charge in [-0.05, 0) is 80.6 Å². The lowest BCUT2D eigenvalue weighted by Gasteiger charge is -2.36. The molecule has 2 aliphatic heterocycles. The van der Waals surface area contributed by atoms with E-state index in [0.29, 0.717) is 18.2 Å². The monoisotopic (exact) mass is 440 g/mol. The number of hydrogen-bond donors (Lipinski definition) is 0. The van der Waals surface area contributed by atoms with E-state index in [0.717, 1.165) is 38.1 Å². The molecular weight excluding hydrogens is 404 g/mol. The molecule has 2 saturated heterocycles. The second-order valence-electron chi connectivity index (χ2n) is 10.1. The largest absolute Gasteiger partial charge is 0.490 e. The van der Waals surface area contributed by atoms with Crippen molar-refractivity contribution >= 4 is 0 Å². The average molecular weight is 441 g/mol. The summed E-state index contributed by atoms with van der Waals surface area (Å²) in [4.78, 5) is 4.95. The third-order valence-corrected chi connectivity index (χ3v) is 7.44. The van der Waals surface area contributed by atoms with Gasteiger partial charge in [0.1, 0.15) is 11.9 Å². The van der Waals surface area contributed by atoms with Gasteiger partial charge in [0.15, 0.2) is 0 Å². The van der Waals surface area contributed by atoms with Crippen LogP contribution >= 0.6 is 0 Å². The Bertz CT molecular complexity index is 1020. The Labute approximate surface area is 199 Å². The Hall–Kier alpha value is -2.62. The van der Waals surface area contributed by atoms with E-state index in [1.807, 2.05) is 0 Å². The summed E-state index contributed by atoms with van der Waals surface area (Å²) < 4.78 is 6.44. The van der Waals surface area contributed by atoms with Crippen LogP contribution in [0.3, 0.4) is 0 Å². The third-order valence-electron chi connectivity index (χ3n) is 7.44. The van der Waals surface area contributed by atoms with Crippen molar-refractivity contribution in [2.45, 2.75) is 63.4 Å². The summed E-state index contributed by atoms with van der Waals surface area (Å²) in [6.07, 6.45) is 6.34. The molecule has 5 rings (SSSR count). The highest BCUT2D eigenvalue weighted by Gasteiger charge is 2.39. The summed E-state index contributed by atoms with van der Waals surface area (Å²) in [5.41, 5.74) is 5.38. The molecule has 0 radical (unpaired) electrons. The van der Waals surface area contributed by atoms with Crippen LogP contribution in [0.25, 0.3) is 0 Å². The molecular formula is C30H36N2O. The topological polar surface area (TPSA) is 15.7 Å². The minimum atomic E-state index is 0.362. The highest BCUT2D eigenvalue weighted by molar-refractivity contribution is 5.30. The first-order valence-corrected chi connectivity index (χ1v) is 12.4. The smallest absolute Gasteiger partial charge is 0.120 e. The molecule has 2 aliphatic rings. The normalized spacial score (nSPS) is 22.6. The van der Waals surface area contributed by atoms with Crippen LogP contribution in [0, 0.1) is 0 Å². The van der Waals surface area contributed by atoms with Crippen LogP contribution in [0.2, 0.25) is 0 Å². The minimum Gasteiger partial charge on any atom is -0.490 e. The van der Waals surface area contributed by atoms with E-state index in [9.17, 15) is 0 Å². The minimum absolute atomic E-state index is 0.362. The molecule has 3 atom stereocenters. The molecule has 0 unspecified atom stereocenters. The van der Waals surface area contributed by atoms with E-state index in [4.69, 9.17) is 4.74 Å². The number of piperidine rings is 1. The highest BCUT2D eigenvalue weighted by Crippen LogP contribution is 2.36. The summed E-state index contributed by atoms with van der Waals surface area (Å²) in [5, 5.41) is 0. The van der Waals surface area contributed by atoms with E-state index in [2.05, 4.69) is 103 Å². The van der Waals surface area contributed by atoms with Crippen molar-refractivity contribution in [3.63, 3.8) is 0 Å². The molecule has 3 aromatic rings. The van der Waals surface area contributed by atoms with Gasteiger partial charge in [-0.1, -0.05) is 66.7 Å². The van der Waals surface area contributed by atoms with Crippen molar-refractivity contribution < 1.29 is 4.74 Å². The fraction of sp³-hybridized carbons (Fsp3) is 0.400. The maximum Gasteiger partial charge on any atom is 0.120 e. The lowest BCUT2D eigenvalue weighted by atomic mass is 10.0. The Morgan fingerprint density at radius 2 is 1.36 bits per heavy atom. The third kappa shape index (κ3) is 5.66.